The van der Waals surface area contributed by atoms with Gasteiger partial charge in [-0.1, -0.05) is 18.2 Å². The SMILES string of the molecule is C=CCN1C(=O)C(=O)N(C[C@@H]2COc3ccccc3O2)C1=O. The molecule has 0 saturated carbocycles. The zero-order valence-electron chi connectivity index (χ0n) is 11.7. The second kappa shape index (κ2) is 5.51. The molecule has 0 aromatic heterocycles. The zero-order valence-corrected chi connectivity index (χ0v) is 11.7. The van der Waals surface area contributed by atoms with Crippen LogP contribution in [0, 0.1) is 0 Å². The molecule has 0 spiro atoms. The van der Waals surface area contributed by atoms with Gasteiger partial charge in [0, 0.05) is 6.54 Å². The van der Waals surface area contributed by atoms with E-state index in [2.05, 4.69) is 6.58 Å². The van der Waals surface area contributed by atoms with Crippen LogP contribution in [0.2, 0.25) is 0 Å². The van der Waals surface area contributed by atoms with Crippen molar-refractivity contribution in [1.82, 2.24) is 9.80 Å². The van der Waals surface area contributed by atoms with Gasteiger partial charge < -0.3 is 9.47 Å². The van der Waals surface area contributed by atoms with Crippen molar-refractivity contribution in [3.05, 3.63) is 36.9 Å². The largest absolute Gasteiger partial charge is 0.486 e. The topological polar surface area (TPSA) is 76.2 Å². The molecule has 1 fully saturated rings. The molecule has 1 aromatic rings. The number of fused-ring (bicyclic) bond motifs is 1. The minimum Gasteiger partial charge on any atom is -0.486 e. The van der Waals surface area contributed by atoms with Gasteiger partial charge in [0.2, 0.25) is 0 Å². The van der Waals surface area contributed by atoms with Gasteiger partial charge in [-0.2, -0.15) is 0 Å². The first-order valence-electron chi connectivity index (χ1n) is 6.78. The molecular formula is C15H14N2O5. The van der Waals surface area contributed by atoms with E-state index in [1.54, 1.807) is 18.2 Å². The Morgan fingerprint density at radius 3 is 2.55 bits per heavy atom. The molecule has 3 rings (SSSR count). The number of ether oxygens (including phenoxy) is 2. The van der Waals surface area contributed by atoms with Crippen LogP contribution in [0.25, 0.3) is 0 Å². The van der Waals surface area contributed by atoms with Crippen molar-refractivity contribution in [3.8, 4) is 11.5 Å². The van der Waals surface area contributed by atoms with Crippen LogP contribution in [0.15, 0.2) is 36.9 Å². The third-order valence-corrected chi connectivity index (χ3v) is 3.40. The summed E-state index contributed by atoms with van der Waals surface area (Å²) in [7, 11) is 0. The fraction of sp³-hybridized carbons (Fsp3) is 0.267. The second-order valence-electron chi connectivity index (χ2n) is 4.90. The van der Waals surface area contributed by atoms with Gasteiger partial charge in [0.1, 0.15) is 6.61 Å². The lowest BCUT2D eigenvalue weighted by Gasteiger charge is -2.28. The Hall–Kier alpha value is -2.83. The first kappa shape index (κ1) is 14.1. The van der Waals surface area contributed by atoms with Gasteiger partial charge in [-0.3, -0.25) is 19.4 Å². The van der Waals surface area contributed by atoms with E-state index in [0.29, 0.717) is 11.5 Å². The molecule has 22 heavy (non-hydrogen) atoms. The van der Waals surface area contributed by atoms with Crippen LogP contribution in [0.4, 0.5) is 4.79 Å². The van der Waals surface area contributed by atoms with Crippen molar-refractivity contribution < 1.29 is 23.9 Å². The van der Waals surface area contributed by atoms with Gasteiger partial charge in [-0.05, 0) is 12.1 Å². The average molecular weight is 302 g/mol. The summed E-state index contributed by atoms with van der Waals surface area (Å²) in [5, 5.41) is 0. The minimum atomic E-state index is -0.852. The molecule has 4 amide bonds. The lowest BCUT2D eigenvalue weighted by atomic mass is 10.2. The van der Waals surface area contributed by atoms with Crippen molar-refractivity contribution in [3.63, 3.8) is 0 Å². The maximum Gasteiger partial charge on any atom is 0.334 e. The van der Waals surface area contributed by atoms with Gasteiger partial charge in [0.25, 0.3) is 0 Å². The van der Waals surface area contributed by atoms with Gasteiger partial charge >= 0.3 is 17.8 Å². The Labute approximate surface area is 126 Å². The number of rotatable bonds is 4. The van der Waals surface area contributed by atoms with E-state index < -0.39 is 23.9 Å². The summed E-state index contributed by atoms with van der Waals surface area (Å²) in [6.07, 6.45) is 0.877. The standard InChI is InChI=1S/C15H14N2O5/c1-2-7-16-13(18)14(19)17(15(16)20)8-10-9-21-11-5-3-4-6-12(11)22-10/h2-6,10H,1,7-9H2/t10-/m1/s1. The predicted molar refractivity (Wildman–Crippen MR) is 75.4 cm³/mol. The molecule has 1 saturated heterocycles. The zero-order chi connectivity index (χ0) is 15.7. The molecule has 0 radical (unpaired) electrons. The van der Waals surface area contributed by atoms with Crippen LogP contribution < -0.4 is 9.47 Å². The molecule has 0 N–H and O–H groups in total. The van der Waals surface area contributed by atoms with Gasteiger partial charge in [0.05, 0.1) is 6.54 Å². The van der Waals surface area contributed by atoms with Gasteiger partial charge in [0.15, 0.2) is 17.6 Å². The van der Waals surface area contributed by atoms with Gasteiger partial charge in [-0.15, -0.1) is 6.58 Å². The highest BCUT2D eigenvalue weighted by atomic mass is 16.6. The Kier molecular flexibility index (Phi) is 3.54. The molecule has 2 aliphatic rings. The van der Waals surface area contributed by atoms with E-state index in [0.717, 1.165) is 9.80 Å². The van der Waals surface area contributed by atoms with Crippen molar-refractivity contribution in [2.75, 3.05) is 19.7 Å². The number of imide groups is 2. The van der Waals surface area contributed by atoms with Crippen molar-refractivity contribution in [1.29, 1.82) is 0 Å². The lowest BCUT2D eigenvalue weighted by molar-refractivity contribution is -0.143. The van der Waals surface area contributed by atoms with E-state index >= 15 is 0 Å². The van der Waals surface area contributed by atoms with Crippen molar-refractivity contribution in [2.45, 2.75) is 6.10 Å². The Morgan fingerprint density at radius 2 is 1.82 bits per heavy atom. The maximum atomic E-state index is 12.1. The van der Waals surface area contributed by atoms with Crippen LogP contribution in [-0.4, -0.2) is 53.4 Å². The molecule has 0 aliphatic carbocycles. The highest BCUT2D eigenvalue weighted by Gasteiger charge is 2.45. The molecule has 114 valence electrons. The number of hydrogen-bond acceptors (Lipinski definition) is 5. The summed E-state index contributed by atoms with van der Waals surface area (Å²) in [5.74, 6) is -0.536. The van der Waals surface area contributed by atoms with Crippen LogP contribution in [-0.2, 0) is 9.59 Å². The van der Waals surface area contributed by atoms with E-state index in [1.165, 1.54) is 6.08 Å². The third-order valence-electron chi connectivity index (χ3n) is 3.40. The summed E-state index contributed by atoms with van der Waals surface area (Å²) in [5.41, 5.74) is 0. The normalized spacial score (nSPS) is 20.5. The van der Waals surface area contributed by atoms with Crippen LogP contribution in [0.1, 0.15) is 0 Å². The first-order chi connectivity index (χ1) is 10.6. The number of amides is 4. The number of hydrogen-bond donors (Lipinski definition) is 0. The summed E-state index contributed by atoms with van der Waals surface area (Å²) >= 11 is 0. The highest BCUT2D eigenvalue weighted by molar-refractivity contribution is 6.44. The molecule has 1 aromatic carbocycles. The Morgan fingerprint density at radius 1 is 1.14 bits per heavy atom. The number of urea groups is 1. The quantitative estimate of drug-likeness (QED) is 0.467. The highest BCUT2D eigenvalue weighted by Crippen LogP contribution is 2.31. The minimum absolute atomic E-state index is 0.00473. The number of nitrogens with zero attached hydrogens (tertiary/aromatic N) is 2. The number of carbonyl (C=O) groups is 3. The first-order valence-corrected chi connectivity index (χ1v) is 6.78. The maximum absolute atomic E-state index is 12.1. The lowest BCUT2D eigenvalue weighted by Crippen LogP contribution is -2.44. The molecule has 2 heterocycles. The summed E-state index contributed by atoms with van der Waals surface area (Å²) < 4.78 is 11.2. The molecule has 2 aliphatic heterocycles. The molecule has 7 heteroatoms. The smallest absolute Gasteiger partial charge is 0.334 e. The number of para-hydroxylation sites is 2. The van der Waals surface area contributed by atoms with E-state index in [-0.39, 0.29) is 19.7 Å². The van der Waals surface area contributed by atoms with E-state index in [9.17, 15) is 14.4 Å². The predicted octanol–water partition coefficient (Wildman–Crippen LogP) is 0.803. The van der Waals surface area contributed by atoms with Crippen molar-refractivity contribution >= 4 is 17.8 Å². The number of benzene rings is 1. The van der Waals surface area contributed by atoms with Crippen LogP contribution in [0.3, 0.4) is 0 Å². The Bertz CT molecular complexity index is 657. The van der Waals surface area contributed by atoms with Crippen LogP contribution in [0.5, 0.6) is 11.5 Å². The summed E-state index contributed by atoms with van der Waals surface area (Å²) in [6, 6.07) is 6.48. The fourth-order valence-corrected chi connectivity index (χ4v) is 2.36. The summed E-state index contributed by atoms with van der Waals surface area (Å²) in [4.78, 5) is 37.5. The summed E-state index contributed by atoms with van der Waals surface area (Å²) in [6.45, 7) is 3.63. The monoisotopic (exact) mass is 302 g/mol. The van der Waals surface area contributed by atoms with Crippen molar-refractivity contribution in [2.24, 2.45) is 0 Å². The second-order valence-corrected chi connectivity index (χ2v) is 4.90. The van der Waals surface area contributed by atoms with E-state index in [1.807, 2.05) is 6.07 Å². The average Bonchev–Trinajstić information content (AvgIpc) is 2.73. The molecule has 0 bridgehead atoms. The van der Waals surface area contributed by atoms with Crippen LogP contribution >= 0.6 is 0 Å². The molecule has 7 nitrogen and oxygen atoms in total. The Balaban J connectivity index is 1.72. The van der Waals surface area contributed by atoms with Gasteiger partial charge in [-0.25, -0.2) is 4.79 Å². The third kappa shape index (κ3) is 2.30. The molecule has 0 unspecified atom stereocenters. The molecular weight excluding hydrogens is 288 g/mol. The van der Waals surface area contributed by atoms with E-state index in [4.69, 9.17) is 9.47 Å². The fourth-order valence-electron chi connectivity index (χ4n) is 2.36. The number of carbonyl (C=O) groups excluding carboxylic acids is 3. The molecule has 1 atom stereocenters.